The number of amides is 1. The molecule has 0 N–H and O–H groups in total. The van der Waals surface area contributed by atoms with Crippen molar-refractivity contribution in [3.63, 3.8) is 0 Å². The minimum Gasteiger partial charge on any atom is -0.359 e. The van der Waals surface area contributed by atoms with Crippen LogP contribution in [0.25, 0.3) is 0 Å². The van der Waals surface area contributed by atoms with Crippen molar-refractivity contribution in [2.24, 2.45) is 0 Å². The summed E-state index contributed by atoms with van der Waals surface area (Å²) in [7, 11) is 0. The number of rotatable bonds is 3. The molecule has 0 radical (unpaired) electrons. The van der Waals surface area contributed by atoms with Gasteiger partial charge in [0, 0.05) is 31.3 Å². The van der Waals surface area contributed by atoms with E-state index in [0.717, 1.165) is 11.8 Å². The Morgan fingerprint density at radius 2 is 2.04 bits per heavy atom. The van der Waals surface area contributed by atoms with Crippen LogP contribution in [0.4, 0.5) is 14.5 Å². The summed E-state index contributed by atoms with van der Waals surface area (Å²) in [4.78, 5) is 19.7. The molecular formula is C17H14F2N4O. The Bertz CT molecular complexity index is 801. The van der Waals surface area contributed by atoms with Crippen molar-refractivity contribution in [1.82, 2.24) is 9.88 Å². The first-order valence-corrected chi connectivity index (χ1v) is 7.39. The maximum absolute atomic E-state index is 13.7. The molecule has 122 valence electrons. The highest BCUT2D eigenvalue weighted by Crippen LogP contribution is 2.18. The van der Waals surface area contributed by atoms with Gasteiger partial charge in [-0.3, -0.25) is 4.79 Å². The van der Waals surface area contributed by atoms with E-state index in [1.807, 2.05) is 11.0 Å². The molecule has 0 unspecified atom stereocenters. The predicted molar refractivity (Wildman–Crippen MR) is 82.9 cm³/mol. The molecule has 5 nitrogen and oxygen atoms in total. The van der Waals surface area contributed by atoms with E-state index in [2.05, 4.69) is 4.98 Å². The summed E-state index contributed by atoms with van der Waals surface area (Å²) in [6, 6.07) is 8.64. The molecule has 2 heterocycles. The molecule has 0 aliphatic carbocycles. The zero-order valence-corrected chi connectivity index (χ0v) is 12.7. The van der Waals surface area contributed by atoms with Gasteiger partial charge in [0.2, 0.25) is 5.91 Å². The number of halogens is 2. The molecule has 24 heavy (non-hydrogen) atoms. The topological polar surface area (TPSA) is 60.2 Å². The molecular weight excluding hydrogens is 314 g/mol. The van der Waals surface area contributed by atoms with Gasteiger partial charge in [-0.15, -0.1) is 0 Å². The smallest absolute Gasteiger partial charge is 0.242 e. The second-order valence-electron chi connectivity index (χ2n) is 5.49. The SMILES string of the molecule is N#Cc1ccc(N2CCN(Cc3ccc(F)cc3F)C(=O)C2)cn1. The average molecular weight is 328 g/mol. The maximum atomic E-state index is 13.7. The van der Waals surface area contributed by atoms with E-state index in [0.29, 0.717) is 24.3 Å². The van der Waals surface area contributed by atoms with E-state index in [-0.39, 0.29) is 19.0 Å². The standard InChI is InChI=1S/C17H14F2N4O/c18-13-2-1-12(16(19)7-13)10-23-6-5-22(11-17(23)24)15-4-3-14(8-20)21-9-15/h1-4,7,9H,5-6,10-11H2. The third kappa shape index (κ3) is 3.33. The maximum Gasteiger partial charge on any atom is 0.242 e. The van der Waals surface area contributed by atoms with Crippen LogP contribution in [0.3, 0.4) is 0 Å². The fourth-order valence-electron chi connectivity index (χ4n) is 2.59. The van der Waals surface area contributed by atoms with Crippen molar-refractivity contribution in [1.29, 1.82) is 5.26 Å². The number of pyridine rings is 1. The number of carbonyl (C=O) groups is 1. The number of hydrogen-bond donors (Lipinski definition) is 0. The Hall–Kier alpha value is -3.01. The van der Waals surface area contributed by atoms with Gasteiger partial charge < -0.3 is 9.80 Å². The first-order valence-electron chi connectivity index (χ1n) is 7.39. The summed E-state index contributed by atoms with van der Waals surface area (Å²) in [5, 5.41) is 8.75. The highest BCUT2D eigenvalue weighted by molar-refractivity contribution is 5.82. The van der Waals surface area contributed by atoms with Crippen LogP contribution in [0.2, 0.25) is 0 Å². The molecule has 1 aromatic heterocycles. The van der Waals surface area contributed by atoms with Gasteiger partial charge in [0.1, 0.15) is 23.4 Å². The summed E-state index contributed by atoms with van der Waals surface area (Å²) < 4.78 is 26.7. The molecule has 1 aliphatic rings. The molecule has 0 spiro atoms. The predicted octanol–water partition coefficient (Wildman–Crippen LogP) is 2.08. The molecule has 1 saturated heterocycles. The monoisotopic (exact) mass is 328 g/mol. The van der Waals surface area contributed by atoms with Crippen molar-refractivity contribution >= 4 is 11.6 Å². The number of benzene rings is 1. The Morgan fingerprint density at radius 3 is 2.67 bits per heavy atom. The quantitative estimate of drug-likeness (QED) is 0.865. The molecule has 0 bridgehead atoms. The van der Waals surface area contributed by atoms with Crippen molar-refractivity contribution < 1.29 is 13.6 Å². The molecule has 0 atom stereocenters. The normalized spacial score (nSPS) is 14.6. The molecule has 2 aromatic rings. The van der Waals surface area contributed by atoms with Crippen molar-refractivity contribution in [2.75, 3.05) is 24.5 Å². The Kier molecular flexibility index (Phi) is 4.38. The molecule has 3 rings (SSSR count). The zero-order chi connectivity index (χ0) is 17.1. The lowest BCUT2D eigenvalue weighted by molar-refractivity contribution is -0.131. The molecule has 1 aliphatic heterocycles. The average Bonchev–Trinajstić information content (AvgIpc) is 2.59. The minimum absolute atomic E-state index is 0.115. The Balaban J connectivity index is 1.66. The van der Waals surface area contributed by atoms with E-state index in [4.69, 9.17) is 5.26 Å². The van der Waals surface area contributed by atoms with Gasteiger partial charge in [0.05, 0.1) is 18.4 Å². The van der Waals surface area contributed by atoms with Crippen molar-refractivity contribution in [3.05, 3.63) is 59.4 Å². The Labute approximate surface area is 137 Å². The van der Waals surface area contributed by atoms with E-state index in [9.17, 15) is 13.6 Å². The third-order valence-electron chi connectivity index (χ3n) is 3.92. The summed E-state index contributed by atoms with van der Waals surface area (Å²) in [6.45, 7) is 1.26. The number of piperazine rings is 1. The highest BCUT2D eigenvalue weighted by atomic mass is 19.1. The second kappa shape index (κ2) is 6.62. The number of carbonyl (C=O) groups excluding carboxylic acids is 1. The third-order valence-corrected chi connectivity index (χ3v) is 3.92. The van der Waals surface area contributed by atoms with Gasteiger partial charge in [-0.25, -0.2) is 13.8 Å². The molecule has 7 heteroatoms. The largest absolute Gasteiger partial charge is 0.359 e. The number of nitriles is 1. The van der Waals surface area contributed by atoms with E-state index in [1.165, 1.54) is 12.1 Å². The minimum atomic E-state index is -0.651. The van der Waals surface area contributed by atoms with E-state index in [1.54, 1.807) is 23.2 Å². The van der Waals surface area contributed by atoms with Crippen LogP contribution in [-0.4, -0.2) is 35.4 Å². The van der Waals surface area contributed by atoms with E-state index >= 15 is 0 Å². The van der Waals surface area contributed by atoms with Crippen LogP contribution < -0.4 is 4.90 Å². The van der Waals surface area contributed by atoms with E-state index < -0.39 is 11.6 Å². The molecule has 1 aromatic carbocycles. The lowest BCUT2D eigenvalue weighted by Crippen LogP contribution is -2.50. The van der Waals surface area contributed by atoms with Gasteiger partial charge in [-0.1, -0.05) is 6.07 Å². The van der Waals surface area contributed by atoms with Crippen molar-refractivity contribution in [2.45, 2.75) is 6.54 Å². The summed E-state index contributed by atoms with van der Waals surface area (Å²) in [5.74, 6) is -1.43. The lowest BCUT2D eigenvalue weighted by Gasteiger charge is -2.35. The fourth-order valence-corrected chi connectivity index (χ4v) is 2.59. The highest BCUT2D eigenvalue weighted by Gasteiger charge is 2.25. The molecule has 1 amide bonds. The number of aromatic nitrogens is 1. The van der Waals surface area contributed by atoms with Crippen LogP contribution in [-0.2, 0) is 11.3 Å². The van der Waals surface area contributed by atoms with Gasteiger partial charge in [-0.2, -0.15) is 5.26 Å². The van der Waals surface area contributed by atoms with Crippen LogP contribution >= 0.6 is 0 Å². The van der Waals surface area contributed by atoms with Crippen LogP contribution in [0.5, 0.6) is 0 Å². The van der Waals surface area contributed by atoms with Gasteiger partial charge >= 0.3 is 0 Å². The number of nitrogens with zero attached hydrogens (tertiary/aromatic N) is 4. The first kappa shape index (κ1) is 15.9. The number of anilines is 1. The first-order chi connectivity index (χ1) is 11.6. The summed E-state index contributed by atoms with van der Waals surface area (Å²) in [6.07, 6.45) is 1.56. The summed E-state index contributed by atoms with van der Waals surface area (Å²) >= 11 is 0. The number of hydrogen-bond acceptors (Lipinski definition) is 4. The van der Waals surface area contributed by atoms with Gasteiger partial charge in [0.15, 0.2) is 0 Å². The Morgan fingerprint density at radius 1 is 1.21 bits per heavy atom. The van der Waals surface area contributed by atoms with Gasteiger partial charge in [0.25, 0.3) is 0 Å². The second-order valence-corrected chi connectivity index (χ2v) is 5.49. The summed E-state index contributed by atoms with van der Waals surface area (Å²) in [5.41, 5.74) is 1.36. The molecule has 1 fully saturated rings. The molecule has 0 saturated carbocycles. The zero-order valence-electron chi connectivity index (χ0n) is 12.7. The van der Waals surface area contributed by atoms with Crippen LogP contribution in [0, 0.1) is 23.0 Å². The lowest BCUT2D eigenvalue weighted by atomic mass is 10.1. The fraction of sp³-hybridized carbons (Fsp3) is 0.235. The van der Waals surface area contributed by atoms with Crippen molar-refractivity contribution in [3.8, 4) is 6.07 Å². The van der Waals surface area contributed by atoms with Crippen LogP contribution in [0.1, 0.15) is 11.3 Å². The van der Waals surface area contributed by atoms with Crippen LogP contribution in [0.15, 0.2) is 36.5 Å². The van der Waals surface area contributed by atoms with Gasteiger partial charge in [-0.05, 0) is 18.2 Å².